The van der Waals surface area contributed by atoms with Gasteiger partial charge < -0.3 is 19.3 Å². The molecule has 188 valence electrons. The van der Waals surface area contributed by atoms with Crippen molar-refractivity contribution in [1.29, 1.82) is 5.26 Å². The minimum absolute atomic E-state index is 0.0173. The molecule has 2 fully saturated rings. The van der Waals surface area contributed by atoms with Gasteiger partial charge in [-0.2, -0.15) is 19.6 Å². The van der Waals surface area contributed by atoms with Gasteiger partial charge in [0.25, 0.3) is 5.88 Å². The van der Waals surface area contributed by atoms with E-state index in [1.54, 1.807) is 12.1 Å². The fraction of sp³-hybridized carbons (Fsp3) is 0.458. The number of nitriles is 1. The zero-order valence-corrected chi connectivity index (χ0v) is 20.6. The summed E-state index contributed by atoms with van der Waals surface area (Å²) in [5, 5.41) is 16.2. The molecule has 1 N–H and O–H groups in total. The van der Waals surface area contributed by atoms with Gasteiger partial charge in [0.1, 0.15) is 12.4 Å². The highest BCUT2D eigenvalue weighted by atomic mass is 35.5. The van der Waals surface area contributed by atoms with Crippen molar-refractivity contribution in [3.8, 4) is 11.9 Å². The molecule has 0 amide bonds. The van der Waals surface area contributed by atoms with E-state index in [9.17, 15) is 0 Å². The highest BCUT2D eigenvalue weighted by Crippen LogP contribution is 2.34. The topological polar surface area (TPSA) is 122 Å². The van der Waals surface area contributed by atoms with Crippen molar-refractivity contribution in [1.82, 2.24) is 25.0 Å². The van der Waals surface area contributed by atoms with Crippen LogP contribution in [0.2, 0.25) is 5.02 Å². The quantitative estimate of drug-likeness (QED) is 0.497. The Kier molecular flexibility index (Phi) is 7.00. The lowest BCUT2D eigenvalue weighted by molar-refractivity contribution is -0.118. The monoisotopic (exact) mass is 513 g/mol. The van der Waals surface area contributed by atoms with Crippen LogP contribution in [0.15, 0.2) is 29.0 Å². The second-order valence-electron chi connectivity index (χ2n) is 9.31. The number of ether oxygens (including phenoxy) is 2. The lowest BCUT2D eigenvalue weighted by Gasteiger charge is -2.46. The number of likely N-dealkylation sites (tertiary alicyclic amines) is 1. The van der Waals surface area contributed by atoms with Crippen molar-refractivity contribution in [2.24, 2.45) is 11.8 Å². The first-order chi connectivity index (χ1) is 17.4. The van der Waals surface area contributed by atoms with Gasteiger partial charge in [0.05, 0.1) is 42.1 Å². The van der Waals surface area contributed by atoms with E-state index < -0.39 is 5.82 Å². The molecule has 0 radical (unpaired) electrons. The Bertz CT molecular complexity index is 1270. The normalized spacial score (nSPS) is 21.8. The third-order valence-corrected chi connectivity index (χ3v) is 6.61. The van der Waals surface area contributed by atoms with Crippen LogP contribution in [0.5, 0.6) is 5.88 Å². The Labute approximate surface area is 212 Å². The number of aromatic nitrogens is 4. The summed E-state index contributed by atoms with van der Waals surface area (Å²) in [6, 6.07) is 6.67. The zero-order valence-electron chi connectivity index (χ0n) is 19.8. The maximum Gasteiger partial charge on any atom is 0.256 e. The van der Waals surface area contributed by atoms with Crippen molar-refractivity contribution in [3.63, 3.8) is 0 Å². The van der Waals surface area contributed by atoms with Gasteiger partial charge in [0.2, 0.25) is 11.7 Å². The highest BCUT2D eigenvalue weighted by Gasteiger charge is 2.43. The molecule has 0 aliphatic carbocycles. The summed E-state index contributed by atoms with van der Waals surface area (Å²) in [6.45, 7) is 6.94. The van der Waals surface area contributed by atoms with E-state index in [4.69, 9.17) is 30.9 Å². The lowest BCUT2D eigenvalue weighted by Crippen LogP contribution is -2.57. The molecular formula is C24H25ClFN7O3. The van der Waals surface area contributed by atoms with Crippen LogP contribution in [0.3, 0.4) is 0 Å². The first-order valence-corrected chi connectivity index (χ1v) is 12.1. The van der Waals surface area contributed by atoms with Gasteiger partial charge in [-0.3, -0.25) is 4.90 Å². The van der Waals surface area contributed by atoms with Crippen molar-refractivity contribution in [2.75, 3.05) is 31.6 Å². The number of nitrogens with one attached hydrogen (secondary N) is 1. The van der Waals surface area contributed by atoms with Gasteiger partial charge in [-0.25, -0.2) is 4.98 Å². The number of benzene rings is 1. The van der Waals surface area contributed by atoms with Gasteiger partial charge in [-0.05, 0) is 18.2 Å². The number of piperidine rings is 1. The Hall–Kier alpha value is -3.33. The molecule has 2 aliphatic rings. The van der Waals surface area contributed by atoms with Crippen LogP contribution in [0.4, 0.5) is 15.9 Å². The Morgan fingerprint density at radius 1 is 1.28 bits per heavy atom. The summed E-state index contributed by atoms with van der Waals surface area (Å²) in [5.41, 5.74) is 0.816. The summed E-state index contributed by atoms with van der Waals surface area (Å²) in [6.07, 6.45) is 0.973. The lowest BCUT2D eigenvalue weighted by atomic mass is 9.84. The van der Waals surface area contributed by atoms with E-state index in [1.807, 2.05) is 19.9 Å². The van der Waals surface area contributed by atoms with Gasteiger partial charge in [-0.1, -0.05) is 30.6 Å². The van der Waals surface area contributed by atoms with E-state index in [0.29, 0.717) is 55.8 Å². The molecule has 10 nitrogen and oxygen atoms in total. The third-order valence-electron chi connectivity index (χ3n) is 6.29. The maximum absolute atomic E-state index is 15.3. The molecule has 2 bridgehead atoms. The summed E-state index contributed by atoms with van der Waals surface area (Å²) in [7, 11) is 0. The van der Waals surface area contributed by atoms with Crippen LogP contribution in [0.1, 0.15) is 37.0 Å². The first kappa shape index (κ1) is 24.4. The van der Waals surface area contributed by atoms with Crippen LogP contribution in [0.25, 0.3) is 0 Å². The standard InChI is InChI=1S/C24H25ClFN7O3/c1-13(2)22-31-19(36-32-22)9-33-7-15-10-34-11-16(8-33)21(15)35-24-20(26)23(28-12-29-24)30-18-4-3-14(6-27)5-17(18)25/h3-5,12-13,15-16,21H,7-11H2,1-2H3,(H,28,29,30). The van der Waals surface area contributed by atoms with Crippen LogP contribution in [-0.2, 0) is 11.3 Å². The number of fused-ring (bicyclic) bond motifs is 2. The molecule has 2 saturated heterocycles. The molecule has 2 unspecified atom stereocenters. The second kappa shape index (κ2) is 10.3. The molecule has 36 heavy (non-hydrogen) atoms. The largest absolute Gasteiger partial charge is 0.471 e. The number of hydrogen-bond donors (Lipinski definition) is 1. The fourth-order valence-electron chi connectivity index (χ4n) is 4.54. The summed E-state index contributed by atoms with van der Waals surface area (Å²) >= 11 is 6.21. The van der Waals surface area contributed by atoms with Crippen molar-refractivity contribution in [2.45, 2.75) is 32.4 Å². The maximum atomic E-state index is 15.3. The minimum Gasteiger partial charge on any atom is -0.471 e. The van der Waals surface area contributed by atoms with Crippen LogP contribution in [0, 0.1) is 29.0 Å². The second-order valence-corrected chi connectivity index (χ2v) is 9.72. The molecule has 5 rings (SSSR count). The predicted molar refractivity (Wildman–Crippen MR) is 127 cm³/mol. The van der Waals surface area contributed by atoms with E-state index in [1.165, 1.54) is 12.4 Å². The van der Waals surface area contributed by atoms with E-state index in [2.05, 4.69) is 30.3 Å². The van der Waals surface area contributed by atoms with Crippen molar-refractivity contribution < 1.29 is 18.4 Å². The molecular weight excluding hydrogens is 489 g/mol. The predicted octanol–water partition coefficient (Wildman–Crippen LogP) is 3.92. The molecule has 4 heterocycles. The van der Waals surface area contributed by atoms with Gasteiger partial charge in [-0.15, -0.1) is 0 Å². The molecule has 0 spiro atoms. The van der Waals surface area contributed by atoms with Gasteiger partial charge in [0.15, 0.2) is 11.6 Å². The van der Waals surface area contributed by atoms with Crippen LogP contribution in [-0.4, -0.2) is 57.4 Å². The Balaban J connectivity index is 1.28. The zero-order chi connectivity index (χ0) is 25.2. The fourth-order valence-corrected chi connectivity index (χ4v) is 4.77. The van der Waals surface area contributed by atoms with Crippen LogP contribution < -0.4 is 10.1 Å². The average Bonchev–Trinajstić information content (AvgIpc) is 3.32. The number of hydrogen-bond acceptors (Lipinski definition) is 10. The molecule has 3 aromatic rings. The summed E-state index contributed by atoms with van der Waals surface area (Å²) in [5.74, 6) is 0.589. The number of anilines is 2. The number of nitrogens with zero attached hydrogens (tertiary/aromatic N) is 6. The smallest absolute Gasteiger partial charge is 0.256 e. The Morgan fingerprint density at radius 3 is 2.72 bits per heavy atom. The van der Waals surface area contributed by atoms with E-state index in [-0.39, 0.29) is 40.6 Å². The van der Waals surface area contributed by atoms with Crippen molar-refractivity contribution in [3.05, 3.63) is 52.6 Å². The SMILES string of the molecule is CC(C)c1noc(CN2CC3COCC(C2)C3Oc2ncnc(Nc3ccc(C#N)cc3Cl)c2F)n1. The van der Waals surface area contributed by atoms with Crippen molar-refractivity contribution >= 4 is 23.1 Å². The molecule has 2 aromatic heterocycles. The van der Waals surface area contributed by atoms with E-state index in [0.717, 1.165) is 0 Å². The summed E-state index contributed by atoms with van der Waals surface area (Å²) < 4.78 is 32.6. The van der Waals surface area contributed by atoms with Gasteiger partial charge in [0, 0.05) is 30.8 Å². The summed E-state index contributed by atoms with van der Waals surface area (Å²) in [4.78, 5) is 14.8. The Morgan fingerprint density at radius 2 is 2.06 bits per heavy atom. The first-order valence-electron chi connectivity index (χ1n) is 11.7. The molecule has 1 aromatic carbocycles. The third kappa shape index (κ3) is 5.11. The minimum atomic E-state index is -0.716. The van der Waals surface area contributed by atoms with Gasteiger partial charge >= 0.3 is 0 Å². The number of halogens is 2. The molecule has 2 aliphatic heterocycles. The number of rotatable bonds is 7. The molecule has 12 heteroatoms. The highest BCUT2D eigenvalue weighted by molar-refractivity contribution is 6.33. The van der Waals surface area contributed by atoms with Crippen LogP contribution >= 0.6 is 11.6 Å². The van der Waals surface area contributed by atoms with E-state index >= 15 is 4.39 Å². The average molecular weight is 514 g/mol. The molecule has 0 saturated carbocycles. The molecule has 2 atom stereocenters.